The van der Waals surface area contributed by atoms with Gasteiger partial charge in [-0.15, -0.1) is 0 Å². The molecule has 2 aromatic carbocycles. The molecule has 8 nitrogen and oxygen atoms in total. The lowest BCUT2D eigenvalue weighted by Gasteiger charge is -2.04. The monoisotopic (exact) mass is 383 g/mol. The summed E-state index contributed by atoms with van der Waals surface area (Å²) in [6, 6.07) is 11.9. The fourth-order valence-electron chi connectivity index (χ4n) is 2.19. The van der Waals surface area contributed by atoms with Gasteiger partial charge in [-0.25, -0.2) is 5.43 Å². The highest BCUT2D eigenvalue weighted by Gasteiger charge is 2.04. The van der Waals surface area contributed by atoms with Crippen molar-refractivity contribution in [3.05, 3.63) is 59.7 Å². The standard InChI is InChI=1S/C20H21N3O5/c1-27-17-6-4-3-5-15(17)8-10-19(25)21-13-20(26)23-22-12-14-7-9-16(24)18(11-14)28-2/h3-12,24H,13H2,1-2H3,(H,21,25)(H,23,26). The maximum atomic E-state index is 11.8. The van der Waals surface area contributed by atoms with E-state index in [1.54, 1.807) is 31.4 Å². The maximum Gasteiger partial charge on any atom is 0.259 e. The molecule has 0 spiro atoms. The first-order valence-corrected chi connectivity index (χ1v) is 8.31. The van der Waals surface area contributed by atoms with Crippen LogP contribution in [0, 0.1) is 0 Å². The van der Waals surface area contributed by atoms with Gasteiger partial charge in [0.25, 0.3) is 5.91 Å². The molecule has 0 fully saturated rings. The van der Waals surface area contributed by atoms with Crippen LogP contribution in [0.3, 0.4) is 0 Å². The van der Waals surface area contributed by atoms with Gasteiger partial charge in [-0.1, -0.05) is 18.2 Å². The van der Waals surface area contributed by atoms with Crippen LogP contribution >= 0.6 is 0 Å². The van der Waals surface area contributed by atoms with E-state index in [-0.39, 0.29) is 12.3 Å². The van der Waals surface area contributed by atoms with E-state index in [0.29, 0.717) is 17.1 Å². The van der Waals surface area contributed by atoms with Gasteiger partial charge in [0.05, 0.1) is 27.0 Å². The average Bonchev–Trinajstić information content (AvgIpc) is 2.72. The van der Waals surface area contributed by atoms with Crippen molar-refractivity contribution in [3.8, 4) is 17.2 Å². The zero-order valence-electron chi connectivity index (χ0n) is 15.5. The summed E-state index contributed by atoms with van der Waals surface area (Å²) in [7, 11) is 2.98. The number of phenolic OH excluding ortho intramolecular Hbond substituents is 1. The molecule has 0 aliphatic heterocycles. The highest BCUT2D eigenvalue weighted by molar-refractivity contribution is 5.94. The highest BCUT2D eigenvalue weighted by atomic mass is 16.5. The van der Waals surface area contributed by atoms with E-state index >= 15 is 0 Å². The Bertz CT molecular complexity index is 893. The molecule has 0 aliphatic rings. The molecule has 146 valence electrons. The lowest BCUT2D eigenvalue weighted by molar-refractivity contribution is -0.123. The molecule has 0 radical (unpaired) electrons. The molecule has 2 rings (SSSR count). The Morgan fingerprint density at radius 2 is 1.86 bits per heavy atom. The van der Waals surface area contributed by atoms with Gasteiger partial charge in [0.2, 0.25) is 5.91 Å². The van der Waals surface area contributed by atoms with E-state index in [2.05, 4.69) is 15.8 Å². The number of hydrogen-bond donors (Lipinski definition) is 3. The van der Waals surface area contributed by atoms with Gasteiger partial charge >= 0.3 is 0 Å². The SMILES string of the molecule is COc1cc(C=NNC(=O)CNC(=O)C=Cc2ccccc2OC)ccc1O. The first kappa shape index (κ1) is 20.5. The van der Waals surface area contributed by atoms with Crippen molar-refractivity contribution in [1.29, 1.82) is 0 Å². The molecule has 8 heteroatoms. The number of aromatic hydroxyl groups is 1. The van der Waals surface area contributed by atoms with Gasteiger partial charge in [-0.05, 0) is 35.9 Å². The predicted octanol–water partition coefficient (Wildman–Crippen LogP) is 1.69. The maximum absolute atomic E-state index is 11.8. The second kappa shape index (κ2) is 10.4. The zero-order valence-corrected chi connectivity index (χ0v) is 15.5. The quantitative estimate of drug-likeness (QED) is 0.365. The third kappa shape index (κ3) is 6.17. The number of hydrogen-bond acceptors (Lipinski definition) is 6. The molecule has 0 saturated carbocycles. The largest absolute Gasteiger partial charge is 0.504 e. The smallest absolute Gasteiger partial charge is 0.259 e. The van der Waals surface area contributed by atoms with Crippen molar-refractivity contribution in [2.45, 2.75) is 0 Å². The van der Waals surface area contributed by atoms with Gasteiger partial charge in [-0.2, -0.15) is 5.10 Å². The summed E-state index contributed by atoms with van der Waals surface area (Å²) in [4.78, 5) is 23.6. The summed E-state index contributed by atoms with van der Waals surface area (Å²) in [5.41, 5.74) is 3.67. The average molecular weight is 383 g/mol. The van der Waals surface area contributed by atoms with Crippen molar-refractivity contribution in [2.75, 3.05) is 20.8 Å². The molecule has 0 heterocycles. The topological polar surface area (TPSA) is 109 Å². The van der Waals surface area contributed by atoms with Crippen LogP contribution < -0.4 is 20.2 Å². The van der Waals surface area contributed by atoms with E-state index in [9.17, 15) is 14.7 Å². The Kier molecular flexibility index (Phi) is 7.59. The number of hydrazone groups is 1. The van der Waals surface area contributed by atoms with Crippen LogP contribution in [0.15, 0.2) is 53.6 Å². The summed E-state index contributed by atoms with van der Waals surface area (Å²) in [6.45, 7) is -0.231. The summed E-state index contributed by atoms with van der Waals surface area (Å²) >= 11 is 0. The molecule has 3 N–H and O–H groups in total. The Hall–Kier alpha value is -3.81. The van der Waals surface area contributed by atoms with Crippen molar-refractivity contribution >= 4 is 24.1 Å². The first-order valence-electron chi connectivity index (χ1n) is 8.31. The highest BCUT2D eigenvalue weighted by Crippen LogP contribution is 2.25. The predicted molar refractivity (Wildman–Crippen MR) is 105 cm³/mol. The van der Waals surface area contributed by atoms with Crippen LogP contribution in [0.25, 0.3) is 6.08 Å². The number of carbonyl (C=O) groups excluding carboxylic acids is 2. The molecule has 28 heavy (non-hydrogen) atoms. The van der Waals surface area contributed by atoms with Crippen LogP contribution in [-0.4, -0.2) is 43.9 Å². The minimum atomic E-state index is -0.485. The second-order valence-electron chi connectivity index (χ2n) is 5.52. The van der Waals surface area contributed by atoms with E-state index in [1.807, 2.05) is 18.2 Å². The number of phenols is 1. The van der Waals surface area contributed by atoms with E-state index in [4.69, 9.17) is 9.47 Å². The number of para-hydroxylation sites is 1. The number of carbonyl (C=O) groups is 2. The normalized spacial score (nSPS) is 10.8. The Morgan fingerprint density at radius 3 is 2.61 bits per heavy atom. The molecule has 0 aliphatic carbocycles. The van der Waals surface area contributed by atoms with Crippen molar-refractivity contribution in [1.82, 2.24) is 10.7 Å². The van der Waals surface area contributed by atoms with Crippen molar-refractivity contribution in [3.63, 3.8) is 0 Å². The molecule has 0 atom stereocenters. The van der Waals surface area contributed by atoms with Crippen LogP contribution in [0.2, 0.25) is 0 Å². The fourth-order valence-corrected chi connectivity index (χ4v) is 2.19. The van der Waals surface area contributed by atoms with Crippen LogP contribution in [-0.2, 0) is 9.59 Å². The molecule has 0 bridgehead atoms. The van der Waals surface area contributed by atoms with Crippen LogP contribution in [0.1, 0.15) is 11.1 Å². The van der Waals surface area contributed by atoms with Gasteiger partial charge in [0.1, 0.15) is 5.75 Å². The summed E-state index contributed by atoms with van der Waals surface area (Å²) in [5, 5.41) is 15.8. The minimum absolute atomic E-state index is 0.00701. The molecule has 2 amide bonds. The van der Waals surface area contributed by atoms with Gasteiger partial charge in [0, 0.05) is 11.6 Å². The second-order valence-corrected chi connectivity index (χ2v) is 5.52. The van der Waals surface area contributed by atoms with Crippen molar-refractivity contribution in [2.24, 2.45) is 5.10 Å². The molecule has 2 aromatic rings. The minimum Gasteiger partial charge on any atom is -0.504 e. The number of methoxy groups -OCH3 is 2. The molecular formula is C20H21N3O5. The van der Waals surface area contributed by atoms with Crippen LogP contribution in [0.4, 0.5) is 0 Å². The van der Waals surface area contributed by atoms with Crippen LogP contribution in [0.5, 0.6) is 17.2 Å². The first-order chi connectivity index (χ1) is 13.5. The molecule has 0 aromatic heterocycles. The summed E-state index contributed by atoms with van der Waals surface area (Å²) in [6.07, 6.45) is 4.31. The van der Waals surface area contributed by atoms with E-state index < -0.39 is 11.8 Å². The zero-order chi connectivity index (χ0) is 20.4. The lowest BCUT2D eigenvalue weighted by Crippen LogP contribution is -2.34. The van der Waals surface area contributed by atoms with Gasteiger partial charge < -0.3 is 19.9 Å². The fraction of sp³-hybridized carbons (Fsp3) is 0.150. The molecular weight excluding hydrogens is 362 g/mol. The number of ether oxygens (including phenoxy) is 2. The van der Waals surface area contributed by atoms with Crippen molar-refractivity contribution < 1.29 is 24.2 Å². The number of benzene rings is 2. The van der Waals surface area contributed by atoms with Gasteiger partial charge in [0.15, 0.2) is 11.5 Å². The Morgan fingerprint density at radius 1 is 1.11 bits per heavy atom. The molecule has 0 saturated heterocycles. The molecule has 0 unspecified atom stereocenters. The number of nitrogens with zero attached hydrogens (tertiary/aromatic N) is 1. The Labute approximate surface area is 162 Å². The van der Waals surface area contributed by atoms with E-state index in [1.165, 1.54) is 25.5 Å². The number of rotatable bonds is 8. The Balaban J connectivity index is 1.80. The lowest BCUT2D eigenvalue weighted by atomic mass is 10.2. The number of amides is 2. The third-order valence-electron chi connectivity index (χ3n) is 3.58. The van der Waals surface area contributed by atoms with Gasteiger partial charge in [-0.3, -0.25) is 9.59 Å². The summed E-state index contributed by atoms with van der Waals surface area (Å²) < 4.78 is 10.2. The summed E-state index contributed by atoms with van der Waals surface area (Å²) in [5.74, 6) is 0.0378. The van der Waals surface area contributed by atoms with E-state index in [0.717, 1.165) is 5.56 Å². The third-order valence-corrected chi connectivity index (χ3v) is 3.58. The number of nitrogens with one attached hydrogen (secondary N) is 2.